The molecule has 2 amide bonds. The van der Waals surface area contributed by atoms with Gasteiger partial charge in [-0.2, -0.15) is 5.10 Å². The number of amides is 2. The largest absolute Gasteiger partial charge is 0.348 e. The van der Waals surface area contributed by atoms with Crippen LogP contribution in [0.3, 0.4) is 0 Å². The van der Waals surface area contributed by atoms with Crippen LogP contribution < -0.4 is 0 Å². The molecule has 2 fully saturated rings. The molecule has 29 heavy (non-hydrogen) atoms. The topological polar surface area (TPSA) is 61.7 Å². The second-order valence-electron chi connectivity index (χ2n) is 8.70. The fraction of sp³-hybridized carbons (Fsp3) is 0.500. The number of aryl methyl sites for hydroxylation is 1. The van der Waals surface area contributed by atoms with Crippen LogP contribution in [0.25, 0.3) is 0 Å². The van der Waals surface area contributed by atoms with Gasteiger partial charge in [-0.1, -0.05) is 30.3 Å². The first kappa shape index (κ1) is 19.6. The second kappa shape index (κ2) is 7.63. The molecule has 3 heterocycles. The van der Waals surface area contributed by atoms with E-state index in [1.165, 1.54) is 5.56 Å². The molecule has 4 rings (SSSR count). The minimum atomic E-state index is -0.520. The lowest BCUT2D eigenvalue weighted by Gasteiger charge is -2.31. The van der Waals surface area contributed by atoms with E-state index in [2.05, 4.69) is 22.1 Å². The number of hydrogen-bond donors (Lipinski definition) is 0. The van der Waals surface area contributed by atoms with Gasteiger partial charge >= 0.3 is 0 Å². The van der Waals surface area contributed by atoms with Crippen molar-refractivity contribution in [2.45, 2.75) is 20.0 Å². The highest BCUT2D eigenvalue weighted by Gasteiger charge is 2.58. The van der Waals surface area contributed by atoms with Crippen molar-refractivity contribution >= 4 is 11.8 Å². The van der Waals surface area contributed by atoms with Gasteiger partial charge in [-0.3, -0.25) is 19.2 Å². The monoisotopic (exact) mass is 395 g/mol. The predicted molar refractivity (Wildman–Crippen MR) is 110 cm³/mol. The molecule has 2 aliphatic rings. The summed E-state index contributed by atoms with van der Waals surface area (Å²) in [5.41, 5.74) is 1.77. The van der Waals surface area contributed by atoms with Crippen molar-refractivity contribution in [3.63, 3.8) is 0 Å². The Morgan fingerprint density at radius 3 is 2.59 bits per heavy atom. The van der Waals surface area contributed by atoms with Crippen LogP contribution in [0.1, 0.15) is 11.1 Å². The number of fused-ring (bicyclic) bond motifs is 1. The number of benzene rings is 1. The van der Waals surface area contributed by atoms with Crippen molar-refractivity contribution in [3.8, 4) is 0 Å². The summed E-state index contributed by atoms with van der Waals surface area (Å²) in [5.74, 6) is 0.316. The van der Waals surface area contributed by atoms with E-state index < -0.39 is 5.41 Å². The van der Waals surface area contributed by atoms with Crippen molar-refractivity contribution in [1.29, 1.82) is 0 Å². The molecular formula is C22H29N5O2. The Morgan fingerprint density at radius 1 is 1.17 bits per heavy atom. The summed E-state index contributed by atoms with van der Waals surface area (Å²) in [6.07, 6.45) is 3.63. The third kappa shape index (κ3) is 3.79. The normalized spacial score (nSPS) is 24.0. The fourth-order valence-electron chi connectivity index (χ4n) is 4.86. The van der Waals surface area contributed by atoms with Crippen molar-refractivity contribution in [2.75, 3.05) is 40.3 Å². The Hall–Kier alpha value is -2.67. The molecule has 0 radical (unpaired) electrons. The summed E-state index contributed by atoms with van der Waals surface area (Å²) in [6.45, 7) is 5.65. The van der Waals surface area contributed by atoms with Crippen LogP contribution in [0, 0.1) is 18.3 Å². The van der Waals surface area contributed by atoms with Crippen LogP contribution >= 0.6 is 0 Å². The zero-order valence-electron chi connectivity index (χ0n) is 17.4. The van der Waals surface area contributed by atoms with E-state index in [1.54, 1.807) is 15.8 Å². The Morgan fingerprint density at radius 2 is 1.93 bits per heavy atom. The summed E-state index contributed by atoms with van der Waals surface area (Å²) in [6, 6.07) is 10.4. The third-order valence-corrected chi connectivity index (χ3v) is 6.17. The minimum Gasteiger partial charge on any atom is -0.348 e. The lowest BCUT2D eigenvalue weighted by atomic mass is 9.80. The quantitative estimate of drug-likeness (QED) is 0.764. The van der Waals surface area contributed by atoms with Crippen molar-refractivity contribution in [1.82, 2.24) is 24.5 Å². The lowest BCUT2D eigenvalue weighted by molar-refractivity contribution is -0.140. The van der Waals surface area contributed by atoms with E-state index in [9.17, 15) is 9.59 Å². The van der Waals surface area contributed by atoms with Crippen LogP contribution in [-0.2, 0) is 22.7 Å². The van der Waals surface area contributed by atoms with E-state index >= 15 is 0 Å². The average Bonchev–Trinajstić information content (AvgIpc) is 3.34. The summed E-state index contributed by atoms with van der Waals surface area (Å²) in [5, 5.41) is 4.22. The Labute approximate surface area is 171 Å². The molecule has 1 aromatic carbocycles. The summed E-state index contributed by atoms with van der Waals surface area (Å²) in [7, 11) is 3.62. The van der Waals surface area contributed by atoms with Crippen molar-refractivity contribution in [2.24, 2.45) is 11.3 Å². The molecule has 2 saturated heterocycles. The molecule has 154 valence electrons. The molecule has 7 nitrogen and oxygen atoms in total. The van der Waals surface area contributed by atoms with Gasteiger partial charge in [-0.05, 0) is 18.1 Å². The standard InChI is InChI=1S/C22H29N5O2/c1-17-9-23-27(10-17)14-20(28)26-13-19-12-25(11-18-7-5-4-6-8-18)15-22(19,16-26)21(29)24(2)3/h4-10,19H,11-16H2,1-3H3/t19-,22-/m0/s1. The lowest BCUT2D eigenvalue weighted by Crippen LogP contribution is -2.47. The molecule has 0 aliphatic carbocycles. The Bertz CT molecular complexity index is 894. The highest BCUT2D eigenvalue weighted by Crippen LogP contribution is 2.44. The van der Waals surface area contributed by atoms with Gasteiger partial charge in [-0.25, -0.2) is 0 Å². The number of carbonyl (C=O) groups excluding carboxylic acids is 2. The maximum atomic E-state index is 13.2. The maximum absolute atomic E-state index is 13.2. The fourth-order valence-corrected chi connectivity index (χ4v) is 4.86. The number of likely N-dealkylation sites (tertiary alicyclic amines) is 2. The molecule has 2 aromatic rings. The molecule has 0 saturated carbocycles. The number of hydrogen-bond acceptors (Lipinski definition) is 4. The van der Waals surface area contributed by atoms with E-state index in [0.29, 0.717) is 19.6 Å². The number of nitrogens with zero attached hydrogens (tertiary/aromatic N) is 5. The minimum absolute atomic E-state index is 0.0306. The first-order valence-corrected chi connectivity index (χ1v) is 10.1. The van der Waals surface area contributed by atoms with Crippen molar-refractivity contribution in [3.05, 3.63) is 53.9 Å². The van der Waals surface area contributed by atoms with Crippen LogP contribution in [0.15, 0.2) is 42.7 Å². The molecule has 0 unspecified atom stereocenters. The number of rotatable bonds is 5. The average molecular weight is 396 g/mol. The van der Waals surface area contributed by atoms with E-state index in [-0.39, 0.29) is 24.3 Å². The summed E-state index contributed by atoms with van der Waals surface area (Å²) < 4.78 is 1.67. The number of aromatic nitrogens is 2. The second-order valence-corrected chi connectivity index (χ2v) is 8.70. The van der Waals surface area contributed by atoms with E-state index in [1.807, 2.05) is 50.3 Å². The van der Waals surface area contributed by atoms with Gasteiger partial charge in [0.1, 0.15) is 6.54 Å². The SMILES string of the molecule is Cc1cnn(CC(=O)N2C[C@@H]3CN(Cc4ccccc4)C[C@]3(C(=O)N(C)C)C2)c1. The zero-order valence-corrected chi connectivity index (χ0v) is 17.4. The highest BCUT2D eigenvalue weighted by atomic mass is 16.2. The molecule has 1 aromatic heterocycles. The van der Waals surface area contributed by atoms with Crippen LogP contribution in [-0.4, -0.2) is 76.6 Å². The van der Waals surface area contributed by atoms with Crippen LogP contribution in [0.5, 0.6) is 0 Å². The Balaban J connectivity index is 1.49. The van der Waals surface area contributed by atoms with Gasteiger partial charge in [0.05, 0.1) is 11.6 Å². The Kier molecular flexibility index (Phi) is 5.17. The van der Waals surface area contributed by atoms with E-state index in [4.69, 9.17) is 0 Å². The van der Waals surface area contributed by atoms with Gasteiger partial charge in [0.25, 0.3) is 0 Å². The highest BCUT2D eigenvalue weighted by molar-refractivity contribution is 5.86. The summed E-state index contributed by atoms with van der Waals surface area (Å²) >= 11 is 0. The van der Waals surface area contributed by atoms with Crippen LogP contribution in [0.2, 0.25) is 0 Å². The van der Waals surface area contributed by atoms with Gasteiger partial charge in [0.2, 0.25) is 11.8 Å². The zero-order chi connectivity index (χ0) is 20.6. The van der Waals surface area contributed by atoms with Crippen LogP contribution in [0.4, 0.5) is 0 Å². The number of carbonyl (C=O) groups is 2. The molecule has 2 atom stereocenters. The van der Waals surface area contributed by atoms with Gasteiger partial charge in [0.15, 0.2) is 0 Å². The summed E-state index contributed by atoms with van der Waals surface area (Å²) in [4.78, 5) is 32.0. The molecule has 2 aliphatic heterocycles. The van der Waals surface area contributed by atoms with Crippen molar-refractivity contribution < 1.29 is 9.59 Å². The third-order valence-electron chi connectivity index (χ3n) is 6.17. The molecule has 0 bridgehead atoms. The van der Waals surface area contributed by atoms with Gasteiger partial charge in [0, 0.05) is 58.9 Å². The van der Waals surface area contributed by atoms with E-state index in [0.717, 1.165) is 18.7 Å². The maximum Gasteiger partial charge on any atom is 0.244 e. The molecule has 0 N–H and O–H groups in total. The predicted octanol–water partition coefficient (Wildman–Crippen LogP) is 1.24. The first-order chi connectivity index (χ1) is 13.9. The smallest absolute Gasteiger partial charge is 0.244 e. The molecular weight excluding hydrogens is 366 g/mol. The van der Waals surface area contributed by atoms with Gasteiger partial charge in [-0.15, -0.1) is 0 Å². The molecule has 7 heteroatoms. The van der Waals surface area contributed by atoms with Gasteiger partial charge < -0.3 is 9.80 Å². The molecule has 0 spiro atoms. The first-order valence-electron chi connectivity index (χ1n) is 10.1.